The maximum atomic E-state index is 5.64. The highest BCUT2D eigenvalue weighted by molar-refractivity contribution is 9.10. The van der Waals surface area contributed by atoms with Gasteiger partial charge >= 0.3 is 0 Å². The molecule has 1 heterocycles. The first-order valence-corrected chi connectivity index (χ1v) is 7.50. The SMILES string of the molecule is CCCC(CCC)C(NCC)c1occc1Br. The van der Waals surface area contributed by atoms with Gasteiger partial charge in [0.05, 0.1) is 16.8 Å². The maximum absolute atomic E-state index is 5.64. The van der Waals surface area contributed by atoms with Crippen molar-refractivity contribution in [3.05, 3.63) is 22.6 Å². The lowest BCUT2D eigenvalue weighted by Gasteiger charge is -2.26. The van der Waals surface area contributed by atoms with Crippen molar-refractivity contribution in [2.24, 2.45) is 5.92 Å². The van der Waals surface area contributed by atoms with Gasteiger partial charge in [0.15, 0.2) is 0 Å². The van der Waals surface area contributed by atoms with E-state index in [2.05, 4.69) is 42.0 Å². The van der Waals surface area contributed by atoms with E-state index in [1.165, 1.54) is 25.7 Å². The Labute approximate surface area is 113 Å². The van der Waals surface area contributed by atoms with Gasteiger partial charge < -0.3 is 9.73 Å². The Hall–Kier alpha value is -0.280. The molecule has 0 amide bonds. The minimum absolute atomic E-state index is 0.337. The zero-order valence-electron chi connectivity index (χ0n) is 11.1. The molecule has 1 N–H and O–H groups in total. The first-order valence-electron chi connectivity index (χ1n) is 6.70. The molecule has 1 aromatic heterocycles. The molecule has 0 saturated heterocycles. The third-order valence-electron chi connectivity index (χ3n) is 3.14. The van der Waals surface area contributed by atoms with E-state index in [1.54, 1.807) is 6.26 Å². The van der Waals surface area contributed by atoms with Crippen molar-refractivity contribution >= 4 is 15.9 Å². The zero-order valence-corrected chi connectivity index (χ0v) is 12.7. The molecule has 1 rings (SSSR count). The minimum atomic E-state index is 0.337. The molecular formula is C14H24BrNO. The second-order valence-corrected chi connectivity index (χ2v) is 5.36. The van der Waals surface area contributed by atoms with Crippen molar-refractivity contribution in [1.82, 2.24) is 5.32 Å². The van der Waals surface area contributed by atoms with Crippen molar-refractivity contribution in [1.29, 1.82) is 0 Å². The van der Waals surface area contributed by atoms with Gasteiger partial charge in [0, 0.05) is 0 Å². The summed E-state index contributed by atoms with van der Waals surface area (Å²) in [5.41, 5.74) is 0. The van der Waals surface area contributed by atoms with Gasteiger partial charge in [0.1, 0.15) is 5.76 Å². The monoisotopic (exact) mass is 301 g/mol. The molecule has 0 bridgehead atoms. The fraction of sp³-hybridized carbons (Fsp3) is 0.714. The predicted octanol–water partition coefficient (Wildman–Crippen LogP) is 4.91. The van der Waals surface area contributed by atoms with E-state index in [1.807, 2.05) is 6.07 Å². The van der Waals surface area contributed by atoms with Crippen LogP contribution in [-0.2, 0) is 0 Å². The van der Waals surface area contributed by atoms with Crippen LogP contribution in [-0.4, -0.2) is 6.54 Å². The molecule has 1 aromatic rings. The van der Waals surface area contributed by atoms with Crippen LogP contribution in [0.3, 0.4) is 0 Å². The molecule has 0 radical (unpaired) electrons. The fourth-order valence-corrected chi connectivity index (χ4v) is 2.89. The van der Waals surface area contributed by atoms with Gasteiger partial charge in [-0.1, -0.05) is 33.6 Å². The van der Waals surface area contributed by atoms with Crippen LogP contribution in [0, 0.1) is 5.92 Å². The summed E-state index contributed by atoms with van der Waals surface area (Å²) in [6.45, 7) is 7.63. The van der Waals surface area contributed by atoms with Crippen LogP contribution in [0.4, 0.5) is 0 Å². The van der Waals surface area contributed by atoms with E-state index in [0.717, 1.165) is 16.8 Å². The van der Waals surface area contributed by atoms with Gasteiger partial charge in [-0.25, -0.2) is 0 Å². The Bertz CT molecular complexity index is 305. The highest BCUT2D eigenvalue weighted by Gasteiger charge is 2.25. The van der Waals surface area contributed by atoms with Gasteiger partial charge in [-0.05, 0) is 47.3 Å². The molecule has 1 unspecified atom stereocenters. The molecule has 0 aliphatic heterocycles. The number of furan rings is 1. The summed E-state index contributed by atoms with van der Waals surface area (Å²) >= 11 is 3.57. The van der Waals surface area contributed by atoms with E-state index in [9.17, 15) is 0 Å². The van der Waals surface area contributed by atoms with Gasteiger partial charge in [0.25, 0.3) is 0 Å². The van der Waals surface area contributed by atoms with E-state index in [0.29, 0.717) is 12.0 Å². The Balaban J connectivity index is 2.85. The summed E-state index contributed by atoms with van der Waals surface area (Å²) in [6.07, 6.45) is 6.71. The first-order chi connectivity index (χ1) is 8.24. The summed E-state index contributed by atoms with van der Waals surface area (Å²) in [5.74, 6) is 1.71. The number of rotatable bonds is 8. The molecule has 0 aliphatic carbocycles. The van der Waals surface area contributed by atoms with E-state index in [4.69, 9.17) is 4.42 Å². The molecule has 0 fully saturated rings. The molecule has 98 valence electrons. The summed E-state index contributed by atoms with van der Waals surface area (Å²) in [7, 11) is 0. The fourth-order valence-electron chi connectivity index (χ4n) is 2.44. The Kier molecular flexibility index (Phi) is 6.90. The van der Waals surface area contributed by atoms with Crippen LogP contribution < -0.4 is 5.32 Å². The second kappa shape index (κ2) is 7.93. The van der Waals surface area contributed by atoms with Crippen molar-refractivity contribution in [2.45, 2.75) is 52.5 Å². The Morgan fingerprint density at radius 2 is 1.88 bits per heavy atom. The smallest absolute Gasteiger partial charge is 0.135 e. The molecule has 0 saturated carbocycles. The Morgan fingerprint density at radius 3 is 2.29 bits per heavy atom. The quantitative estimate of drug-likeness (QED) is 0.738. The van der Waals surface area contributed by atoms with Crippen LogP contribution >= 0.6 is 15.9 Å². The van der Waals surface area contributed by atoms with Crippen LogP contribution in [0.1, 0.15) is 58.3 Å². The molecule has 0 aromatic carbocycles. The molecule has 1 atom stereocenters. The van der Waals surface area contributed by atoms with Crippen molar-refractivity contribution < 1.29 is 4.42 Å². The highest BCUT2D eigenvalue weighted by atomic mass is 79.9. The summed E-state index contributed by atoms with van der Waals surface area (Å²) < 4.78 is 6.73. The number of nitrogens with one attached hydrogen (secondary N) is 1. The largest absolute Gasteiger partial charge is 0.466 e. The Morgan fingerprint density at radius 1 is 1.24 bits per heavy atom. The van der Waals surface area contributed by atoms with Crippen molar-refractivity contribution in [2.75, 3.05) is 6.54 Å². The summed E-state index contributed by atoms with van der Waals surface area (Å²) in [6, 6.07) is 2.32. The molecule has 0 aliphatic rings. The van der Waals surface area contributed by atoms with Crippen LogP contribution in [0.25, 0.3) is 0 Å². The van der Waals surface area contributed by atoms with Gasteiger partial charge in [-0.3, -0.25) is 0 Å². The van der Waals surface area contributed by atoms with Gasteiger partial charge in [-0.15, -0.1) is 0 Å². The zero-order chi connectivity index (χ0) is 12.7. The lowest BCUT2D eigenvalue weighted by Crippen LogP contribution is -2.28. The van der Waals surface area contributed by atoms with Gasteiger partial charge in [-0.2, -0.15) is 0 Å². The van der Waals surface area contributed by atoms with E-state index in [-0.39, 0.29) is 0 Å². The number of halogens is 1. The van der Waals surface area contributed by atoms with Crippen molar-refractivity contribution in [3.8, 4) is 0 Å². The maximum Gasteiger partial charge on any atom is 0.135 e. The van der Waals surface area contributed by atoms with E-state index < -0.39 is 0 Å². The average Bonchev–Trinajstić information content (AvgIpc) is 2.72. The normalized spacial score (nSPS) is 13.2. The first kappa shape index (κ1) is 14.8. The van der Waals surface area contributed by atoms with Crippen LogP contribution in [0.5, 0.6) is 0 Å². The van der Waals surface area contributed by atoms with Crippen LogP contribution in [0.15, 0.2) is 21.2 Å². The lowest BCUT2D eigenvalue weighted by atomic mass is 9.89. The van der Waals surface area contributed by atoms with Crippen LogP contribution in [0.2, 0.25) is 0 Å². The standard InChI is InChI=1S/C14H24BrNO/c1-4-7-11(8-5-2)13(16-6-3)14-12(15)9-10-17-14/h9-11,13,16H,4-8H2,1-3H3. The summed E-state index contributed by atoms with van der Waals surface area (Å²) in [5, 5.41) is 3.57. The molecular weight excluding hydrogens is 278 g/mol. The third-order valence-corrected chi connectivity index (χ3v) is 3.80. The minimum Gasteiger partial charge on any atom is -0.466 e. The third kappa shape index (κ3) is 4.14. The molecule has 2 nitrogen and oxygen atoms in total. The second-order valence-electron chi connectivity index (χ2n) is 4.51. The number of hydrogen-bond acceptors (Lipinski definition) is 2. The van der Waals surface area contributed by atoms with Gasteiger partial charge in [0.2, 0.25) is 0 Å². The lowest BCUT2D eigenvalue weighted by molar-refractivity contribution is 0.279. The molecule has 3 heteroatoms. The van der Waals surface area contributed by atoms with E-state index >= 15 is 0 Å². The van der Waals surface area contributed by atoms with Crippen molar-refractivity contribution in [3.63, 3.8) is 0 Å². The molecule has 0 spiro atoms. The highest BCUT2D eigenvalue weighted by Crippen LogP contribution is 2.34. The number of hydrogen-bond donors (Lipinski definition) is 1. The topological polar surface area (TPSA) is 25.2 Å². The average molecular weight is 302 g/mol. The predicted molar refractivity (Wildman–Crippen MR) is 76.1 cm³/mol. The summed E-state index contributed by atoms with van der Waals surface area (Å²) in [4.78, 5) is 0. The molecule has 17 heavy (non-hydrogen) atoms.